The molecular formula is C15H26N2O. The van der Waals surface area contributed by atoms with Crippen molar-refractivity contribution in [2.24, 2.45) is 5.73 Å². The zero-order valence-electron chi connectivity index (χ0n) is 12.2. The van der Waals surface area contributed by atoms with Crippen LogP contribution < -0.4 is 15.4 Å². The molecule has 0 fully saturated rings. The predicted molar refractivity (Wildman–Crippen MR) is 78.4 cm³/mol. The Kier molecular flexibility index (Phi) is 5.48. The lowest BCUT2D eigenvalue weighted by atomic mass is 10.0. The molecule has 0 aliphatic carbocycles. The molecule has 0 saturated carbocycles. The van der Waals surface area contributed by atoms with Crippen molar-refractivity contribution in [3.8, 4) is 5.75 Å². The minimum Gasteiger partial charge on any atom is -0.496 e. The molecule has 1 aromatic carbocycles. The molecule has 0 aromatic heterocycles. The number of ether oxygens (including phenoxy) is 1. The van der Waals surface area contributed by atoms with Crippen LogP contribution in [0.15, 0.2) is 18.2 Å². The van der Waals surface area contributed by atoms with Crippen molar-refractivity contribution in [2.45, 2.75) is 45.7 Å². The molecule has 0 saturated heterocycles. The van der Waals surface area contributed by atoms with Crippen LogP contribution in [0, 0.1) is 0 Å². The number of hydrogen-bond acceptors (Lipinski definition) is 3. The summed E-state index contributed by atoms with van der Waals surface area (Å²) >= 11 is 0. The zero-order chi connectivity index (χ0) is 13.7. The second-order valence-electron chi connectivity index (χ2n) is 4.93. The predicted octanol–water partition coefficient (Wildman–Crippen LogP) is 3.34. The first kappa shape index (κ1) is 14.8. The van der Waals surface area contributed by atoms with Crippen molar-refractivity contribution in [3.05, 3.63) is 23.8 Å². The summed E-state index contributed by atoms with van der Waals surface area (Å²) in [6.45, 7) is 6.45. The molecule has 1 unspecified atom stereocenters. The van der Waals surface area contributed by atoms with E-state index in [2.05, 4.69) is 31.9 Å². The number of methoxy groups -OCH3 is 1. The van der Waals surface area contributed by atoms with E-state index in [1.54, 1.807) is 7.11 Å². The molecule has 3 heteroatoms. The molecule has 102 valence electrons. The molecule has 3 nitrogen and oxygen atoms in total. The van der Waals surface area contributed by atoms with Crippen molar-refractivity contribution < 1.29 is 4.74 Å². The summed E-state index contributed by atoms with van der Waals surface area (Å²) in [5.74, 6) is 0.873. The van der Waals surface area contributed by atoms with Gasteiger partial charge in [-0.15, -0.1) is 0 Å². The van der Waals surface area contributed by atoms with Crippen LogP contribution in [0.4, 0.5) is 5.69 Å². The summed E-state index contributed by atoms with van der Waals surface area (Å²) in [5, 5.41) is 0. The molecule has 0 spiro atoms. The van der Waals surface area contributed by atoms with E-state index in [4.69, 9.17) is 10.5 Å². The highest BCUT2D eigenvalue weighted by Gasteiger charge is 2.18. The smallest absolute Gasteiger partial charge is 0.125 e. The Hall–Kier alpha value is -1.22. The van der Waals surface area contributed by atoms with Crippen molar-refractivity contribution >= 4 is 5.69 Å². The molecule has 0 aliphatic rings. The van der Waals surface area contributed by atoms with Gasteiger partial charge in [-0.1, -0.05) is 19.4 Å². The Morgan fingerprint density at radius 1 is 1.33 bits per heavy atom. The third-order valence-electron chi connectivity index (χ3n) is 3.47. The van der Waals surface area contributed by atoms with Crippen LogP contribution >= 0.6 is 0 Å². The molecule has 0 amide bonds. The van der Waals surface area contributed by atoms with Crippen LogP contribution in [-0.4, -0.2) is 20.2 Å². The van der Waals surface area contributed by atoms with Gasteiger partial charge in [0.1, 0.15) is 5.75 Å². The van der Waals surface area contributed by atoms with Crippen LogP contribution in [0.5, 0.6) is 5.75 Å². The van der Waals surface area contributed by atoms with Gasteiger partial charge in [-0.05, 0) is 32.4 Å². The lowest BCUT2D eigenvalue weighted by Gasteiger charge is -2.30. The van der Waals surface area contributed by atoms with E-state index in [0.717, 1.165) is 11.3 Å². The fourth-order valence-electron chi connectivity index (χ4n) is 2.32. The zero-order valence-corrected chi connectivity index (χ0v) is 12.2. The Morgan fingerprint density at radius 3 is 2.50 bits per heavy atom. The molecule has 0 bridgehead atoms. The van der Waals surface area contributed by atoms with Gasteiger partial charge in [0.15, 0.2) is 0 Å². The van der Waals surface area contributed by atoms with Crippen LogP contribution in [0.1, 0.15) is 45.2 Å². The topological polar surface area (TPSA) is 38.5 Å². The number of anilines is 1. The van der Waals surface area contributed by atoms with Gasteiger partial charge < -0.3 is 15.4 Å². The van der Waals surface area contributed by atoms with E-state index in [1.165, 1.54) is 18.5 Å². The van der Waals surface area contributed by atoms with Crippen molar-refractivity contribution in [1.29, 1.82) is 0 Å². The first-order valence-corrected chi connectivity index (χ1v) is 6.68. The highest BCUT2D eigenvalue weighted by atomic mass is 16.5. The normalized spacial score (nSPS) is 14.1. The fraction of sp³-hybridized carbons (Fsp3) is 0.600. The Labute approximate surface area is 111 Å². The van der Waals surface area contributed by atoms with Crippen LogP contribution in [-0.2, 0) is 0 Å². The van der Waals surface area contributed by atoms with Crippen LogP contribution in [0.2, 0.25) is 0 Å². The molecule has 0 aliphatic heterocycles. The minimum atomic E-state index is -0.0348. The van der Waals surface area contributed by atoms with E-state index in [9.17, 15) is 0 Å². The van der Waals surface area contributed by atoms with Gasteiger partial charge in [0.25, 0.3) is 0 Å². The molecular weight excluding hydrogens is 224 g/mol. The van der Waals surface area contributed by atoms with Gasteiger partial charge in [-0.3, -0.25) is 0 Å². The Bertz CT molecular complexity index is 377. The van der Waals surface area contributed by atoms with Gasteiger partial charge in [0.2, 0.25) is 0 Å². The summed E-state index contributed by atoms with van der Waals surface area (Å²) < 4.78 is 5.43. The number of nitrogens with zero attached hydrogens (tertiary/aromatic N) is 1. The lowest BCUT2D eigenvalue weighted by molar-refractivity contribution is 0.406. The van der Waals surface area contributed by atoms with Gasteiger partial charge in [0, 0.05) is 30.4 Å². The quantitative estimate of drug-likeness (QED) is 0.841. The third-order valence-corrected chi connectivity index (χ3v) is 3.47. The maximum atomic E-state index is 6.10. The van der Waals surface area contributed by atoms with Gasteiger partial charge in [-0.2, -0.15) is 0 Å². The molecule has 18 heavy (non-hydrogen) atoms. The van der Waals surface area contributed by atoms with Crippen molar-refractivity contribution in [3.63, 3.8) is 0 Å². The van der Waals surface area contributed by atoms with Crippen LogP contribution in [0.25, 0.3) is 0 Å². The largest absolute Gasteiger partial charge is 0.496 e. The maximum absolute atomic E-state index is 6.10. The molecule has 1 rings (SSSR count). The van der Waals surface area contributed by atoms with E-state index in [1.807, 2.05) is 19.1 Å². The summed E-state index contributed by atoms with van der Waals surface area (Å²) in [6.07, 6.45) is 2.36. The monoisotopic (exact) mass is 250 g/mol. The standard InChI is InChI=1S/C15H26N2O/c1-6-8-11(2)17(4)13-9-7-10-14(18-5)15(13)12(3)16/h7,9-12H,6,8,16H2,1-5H3/t11?,12-/m1/s1. The van der Waals surface area contributed by atoms with E-state index < -0.39 is 0 Å². The van der Waals surface area contributed by atoms with Crippen molar-refractivity contribution in [2.75, 3.05) is 19.1 Å². The average molecular weight is 250 g/mol. The third kappa shape index (κ3) is 3.16. The summed E-state index contributed by atoms with van der Waals surface area (Å²) in [6, 6.07) is 6.58. The molecule has 2 atom stereocenters. The summed E-state index contributed by atoms with van der Waals surface area (Å²) in [5.41, 5.74) is 8.36. The first-order chi connectivity index (χ1) is 8.52. The average Bonchev–Trinajstić information content (AvgIpc) is 2.36. The van der Waals surface area contributed by atoms with Gasteiger partial charge in [-0.25, -0.2) is 0 Å². The fourth-order valence-corrected chi connectivity index (χ4v) is 2.32. The molecule has 0 radical (unpaired) electrons. The van der Waals surface area contributed by atoms with E-state index in [-0.39, 0.29) is 6.04 Å². The van der Waals surface area contributed by atoms with E-state index in [0.29, 0.717) is 6.04 Å². The SMILES string of the molecule is CCCC(C)N(C)c1cccc(OC)c1[C@@H](C)N. The highest BCUT2D eigenvalue weighted by Crippen LogP contribution is 2.34. The van der Waals surface area contributed by atoms with E-state index >= 15 is 0 Å². The molecule has 1 aromatic rings. The van der Waals surface area contributed by atoms with Crippen LogP contribution in [0.3, 0.4) is 0 Å². The number of rotatable bonds is 6. The highest BCUT2D eigenvalue weighted by molar-refractivity contribution is 5.60. The Balaban J connectivity index is 3.14. The number of hydrogen-bond donors (Lipinski definition) is 1. The second kappa shape index (κ2) is 6.64. The lowest BCUT2D eigenvalue weighted by Crippen LogP contribution is -2.30. The second-order valence-corrected chi connectivity index (χ2v) is 4.93. The number of benzene rings is 1. The van der Waals surface area contributed by atoms with Gasteiger partial charge >= 0.3 is 0 Å². The number of nitrogens with two attached hydrogens (primary N) is 1. The first-order valence-electron chi connectivity index (χ1n) is 6.68. The molecule has 0 heterocycles. The van der Waals surface area contributed by atoms with Gasteiger partial charge in [0.05, 0.1) is 7.11 Å². The maximum Gasteiger partial charge on any atom is 0.125 e. The minimum absolute atomic E-state index is 0.0348. The Morgan fingerprint density at radius 2 is 2.00 bits per heavy atom. The molecule has 2 N–H and O–H groups in total. The van der Waals surface area contributed by atoms with Crippen molar-refractivity contribution in [1.82, 2.24) is 0 Å². The summed E-state index contributed by atoms with van der Waals surface area (Å²) in [7, 11) is 3.82. The summed E-state index contributed by atoms with van der Waals surface area (Å²) in [4.78, 5) is 2.30.